The lowest BCUT2D eigenvalue weighted by molar-refractivity contribution is 0.301. The minimum absolute atomic E-state index is 0.348. The van der Waals surface area contributed by atoms with Crippen molar-refractivity contribution < 1.29 is 0 Å². The molecule has 0 aliphatic carbocycles. The molecular weight excluding hydrogens is 228 g/mol. The van der Waals surface area contributed by atoms with Crippen LogP contribution in [0, 0.1) is 26.2 Å². The molecule has 0 aliphatic rings. The molecule has 1 aromatic rings. The minimum Gasteiger partial charge on any atom is -0.0683 e. The Bertz CT molecular complexity index is 357. The summed E-state index contributed by atoms with van der Waals surface area (Å²) in [5, 5.41) is 0. The van der Waals surface area contributed by atoms with Gasteiger partial charge in [-0.15, -0.1) is 0 Å². The number of hydrogen-bond acceptors (Lipinski definition) is 0. The Balaban J connectivity index is 0.00000154. The molecule has 1 aromatic carbocycles. The maximum absolute atomic E-state index is 2.37. The van der Waals surface area contributed by atoms with E-state index in [2.05, 4.69) is 60.6 Å². The van der Waals surface area contributed by atoms with Crippen LogP contribution in [-0.2, 0) is 0 Å². The molecule has 0 saturated carbocycles. The van der Waals surface area contributed by atoms with E-state index in [0.29, 0.717) is 11.3 Å². The first-order valence-corrected chi connectivity index (χ1v) is 7.85. The van der Waals surface area contributed by atoms with Gasteiger partial charge in [-0.05, 0) is 55.2 Å². The lowest BCUT2D eigenvalue weighted by atomic mass is 9.71. The van der Waals surface area contributed by atoms with Crippen LogP contribution in [0.15, 0.2) is 12.1 Å². The molecule has 0 fully saturated rings. The largest absolute Gasteiger partial charge is 0.0683 e. The van der Waals surface area contributed by atoms with Gasteiger partial charge in [0, 0.05) is 0 Å². The third-order valence-corrected chi connectivity index (χ3v) is 3.71. The predicted octanol–water partition coefficient (Wildman–Crippen LogP) is 6.57. The summed E-state index contributed by atoms with van der Waals surface area (Å²) in [4.78, 5) is 0. The molecule has 0 amide bonds. The molecule has 1 atom stereocenters. The summed E-state index contributed by atoms with van der Waals surface area (Å²) in [6, 6.07) is 4.66. The van der Waals surface area contributed by atoms with Crippen molar-refractivity contribution in [1.29, 1.82) is 0 Å². The zero-order valence-corrected chi connectivity index (χ0v) is 14.6. The van der Waals surface area contributed by atoms with Crippen molar-refractivity contribution in [2.75, 3.05) is 0 Å². The Labute approximate surface area is 121 Å². The summed E-state index contributed by atoms with van der Waals surface area (Å²) in [6.07, 6.45) is 2.54. The molecule has 1 rings (SSSR count). The molecule has 1 unspecified atom stereocenters. The summed E-state index contributed by atoms with van der Waals surface area (Å²) in [5.74, 6) is 0.674. The molecule has 0 spiro atoms. The second-order valence-electron chi connectivity index (χ2n) is 6.52. The second-order valence-corrected chi connectivity index (χ2v) is 6.52. The molecule has 0 N–H and O–H groups in total. The quantitative estimate of drug-likeness (QED) is 0.578. The van der Waals surface area contributed by atoms with Crippen LogP contribution < -0.4 is 0 Å². The molecule has 110 valence electrons. The molecule has 0 heteroatoms. The van der Waals surface area contributed by atoms with Crippen LogP contribution in [0.3, 0.4) is 0 Å². The third kappa shape index (κ3) is 5.01. The van der Waals surface area contributed by atoms with Crippen LogP contribution in [0.1, 0.15) is 82.6 Å². The van der Waals surface area contributed by atoms with E-state index in [1.54, 1.807) is 5.56 Å². The van der Waals surface area contributed by atoms with Gasteiger partial charge in [0.05, 0.1) is 0 Å². The summed E-state index contributed by atoms with van der Waals surface area (Å²) in [6.45, 7) is 20.1. The fraction of sp³-hybridized carbons (Fsp3) is 0.684. The van der Waals surface area contributed by atoms with Crippen molar-refractivity contribution >= 4 is 0 Å². The number of rotatable bonds is 3. The average molecular weight is 262 g/mol. The van der Waals surface area contributed by atoms with Gasteiger partial charge in [0.25, 0.3) is 0 Å². The van der Waals surface area contributed by atoms with Gasteiger partial charge in [-0.1, -0.05) is 65.7 Å². The normalized spacial score (nSPS) is 12.7. The van der Waals surface area contributed by atoms with Crippen molar-refractivity contribution in [3.05, 3.63) is 34.4 Å². The second kappa shape index (κ2) is 7.72. The highest BCUT2D eigenvalue weighted by atomic mass is 14.3. The van der Waals surface area contributed by atoms with Gasteiger partial charge in [-0.2, -0.15) is 0 Å². The van der Waals surface area contributed by atoms with Crippen LogP contribution in [-0.4, -0.2) is 0 Å². The lowest BCUT2D eigenvalue weighted by Gasteiger charge is -2.33. The van der Waals surface area contributed by atoms with Gasteiger partial charge in [-0.3, -0.25) is 0 Å². The van der Waals surface area contributed by atoms with Crippen LogP contribution in [0.4, 0.5) is 0 Å². The smallest absolute Gasteiger partial charge is 0.0108 e. The van der Waals surface area contributed by atoms with Crippen molar-refractivity contribution in [1.82, 2.24) is 0 Å². The van der Waals surface area contributed by atoms with Crippen LogP contribution in [0.5, 0.6) is 0 Å². The highest BCUT2D eigenvalue weighted by Crippen LogP contribution is 2.41. The topological polar surface area (TPSA) is 0 Å². The fourth-order valence-electron chi connectivity index (χ4n) is 3.04. The van der Waals surface area contributed by atoms with Crippen LogP contribution in [0.2, 0.25) is 0 Å². The summed E-state index contributed by atoms with van der Waals surface area (Å²) in [7, 11) is 0. The monoisotopic (exact) mass is 262 g/mol. The van der Waals surface area contributed by atoms with Crippen molar-refractivity contribution in [3.63, 3.8) is 0 Å². The van der Waals surface area contributed by atoms with E-state index in [4.69, 9.17) is 0 Å². The van der Waals surface area contributed by atoms with Gasteiger partial charge >= 0.3 is 0 Å². The zero-order chi connectivity index (χ0) is 15.2. The first kappa shape index (κ1) is 18.2. The zero-order valence-electron chi connectivity index (χ0n) is 14.6. The fourth-order valence-corrected chi connectivity index (χ4v) is 3.04. The molecule has 0 saturated heterocycles. The summed E-state index contributed by atoms with van der Waals surface area (Å²) < 4.78 is 0. The van der Waals surface area contributed by atoms with Crippen molar-refractivity contribution in [2.45, 2.75) is 81.1 Å². The molecule has 0 aromatic heterocycles. The van der Waals surface area contributed by atoms with Crippen LogP contribution in [0.25, 0.3) is 0 Å². The molecule has 0 nitrogen and oxygen atoms in total. The van der Waals surface area contributed by atoms with Gasteiger partial charge in [0.2, 0.25) is 0 Å². The number of aryl methyl sites for hydroxylation is 3. The maximum atomic E-state index is 2.37. The lowest BCUT2D eigenvalue weighted by Crippen LogP contribution is -2.20. The summed E-state index contributed by atoms with van der Waals surface area (Å²) >= 11 is 0. The Morgan fingerprint density at radius 1 is 0.947 bits per heavy atom. The standard InChI is InChI=1S/C17H28.C2H6/c1-8-9-15(17(5,6)7)16-13(3)10-12(2)11-14(16)4;1-2/h10-11,15H,8-9H2,1-7H3;1-2H3. The van der Waals surface area contributed by atoms with Crippen molar-refractivity contribution in [2.24, 2.45) is 5.41 Å². The minimum atomic E-state index is 0.348. The molecule has 0 aliphatic heterocycles. The van der Waals surface area contributed by atoms with Crippen molar-refractivity contribution in [3.8, 4) is 0 Å². The Morgan fingerprint density at radius 3 is 1.68 bits per heavy atom. The van der Waals surface area contributed by atoms with Gasteiger partial charge in [-0.25, -0.2) is 0 Å². The first-order valence-electron chi connectivity index (χ1n) is 7.85. The van der Waals surface area contributed by atoms with E-state index in [1.165, 1.54) is 29.5 Å². The van der Waals surface area contributed by atoms with E-state index < -0.39 is 0 Å². The SMILES string of the molecule is CC.CCCC(c1c(C)cc(C)cc1C)C(C)(C)C. The van der Waals surface area contributed by atoms with Crippen LogP contribution >= 0.6 is 0 Å². The number of benzene rings is 1. The third-order valence-electron chi connectivity index (χ3n) is 3.71. The van der Waals surface area contributed by atoms with E-state index in [1.807, 2.05) is 13.8 Å². The van der Waals surface area contributed by atoms with Gasteiger partial charge < -0.3 is 0 Å². The van der Waals surface area contributed by atoms with E-state index in [-0.39, 0.29) is 0 Å². The predicted molar refractivity (Wildman–Crippen MR) is 89.1 cm³/mol. The molecule has 19 heavy (non-hydrogen) atoms. The highest BCUT2D eigenvalue weighted by molar-refractivity contribution is 5.40. The maximum Gasteiger partial charge on any atom is -0.0108 e. The van der Waals surface area contributed by atoms with E-state index in [9.17, 15) is 0 Å². The Morgan fingerprint density at radius 2 is 1.37 bits per heavy atom. The molecule has 0 bridgehead atoms. The number of hydrogen-bond donors (Lipinski definition) is 0. The molecular formula is C19H34. The van der Waals surface area contributed by atoms with Gasteiger partial charge in [0.1, 0.15) is 0 Å². The average Bonchev–Trinajstić information content (AvgIpc) is 2.28. The first-order chi connectivity index (χ1) is 8.77. The van der Waals surface area contributed by atoms with Gasteiger partial charge in [0.15, 0.2) is 0 Å². The highest BCUT2D eigenvalue weighted by Gasteiger charge is 2.27. The Hall–Kier alpha value is -0.780. The Kier molecular flexibility index (Phi) is 7.41. The van der Waals surface area contributed by atoms with E-state index >= 15 is 0 Å². The molecule has 0 radical (unpaired) electrons. The summed E-state index contributed by atoms with van der Waals surface area (Å²) in [5.41, 5.74) is 6.26. The van der Waals surface area contributed by atoms with E-state index in [0.717, 1.165) is 0 Å². The molecule has 0 heterocycles.